The average molecular weight is 318 g/mol. The molecular formula is C15H31NO4Si. The summed E-state index contributed by atoms with van der Waals surface area (Å²) in [6.07, 6.45) is -0.471. The third kappa shape index (κ3) is 4.52. The van der Waals surface area contributed by atoms with E-state index in [0.29, 0.717) is 19.8 Å². The largest absolute Gasteiger partial charge is 0.415 e. The number of carbonyl (C=O) groups excluding carboxylic acids is 1. The topological polar surface area (TPSA) is 56.8 Å². The molecule has 0 aromatic heterocycles. The molecule has 0 bridgehead atoms. The Labute approximate surface area is 129 Å². The van der Waals surface area contributed by atoms with Crippen LogP contribution in [0.4, 0.5) is 0 Å². The van der Waals surface area contributed by atoms with E-state index >= 15 is 0 Å². The SMILES string of the molecule is CCOC(OCC)[C@@H]1C(=O)N[C@@H]1CO[Si](C)(C)C(C)(C)C. The molecule has 0 aromatic carbocycles. The van der Waals surface area contributed by atoms with Gasteiger partial charge in [-0.1, -0.05) is 20.8 Å². The molecule has 1 aliphatic rings. The molecular weight excluding hydrogens is 286 g/mol. The maximum absolute atomic E-state index is 11.8. The van der Waals surface area contributed by atoms with Gasteiger partial charge in [-0.05, 0) is 32.0 Å². The van der Waals surface area contributed by atoms with Gasteiger partial charge in [0.1, 0.15) is 5.92 Å². The molecule has 21 heavy (non-hydrogen) atoms. The van der Waals surface area contributed by atoms with Crippen LogP contribution in [0.3, 0.4) is 0 Å². The molecule has 2 atom stereocenters. The minimum absolute atomic E-state index is 0.00858. The molecule has 1 N–H and O–H groups in total. The van der Waals surface area contributed by atoms with Crippen LogP contribution in [0.5, 0.6) is 0 Å². The Morgan fingerprint density at radius 1 is 1.19 bits per heavy atom. The lowest BCUT2D eigenvalue weighted by atomic mass is 9.90. The maximum Gasteiger partial charge on any atom is 0.230 e. The van der Waals surface area contributed by atoms with Crippen molar-refractivity contribution in [2.75, 3.05) is 19.8 Å². The van der Waals surface area contributed by atoms with Crippen molar-refractivity contribution in [2.45, 2.75) is 65.1 Å². The third-order valence-electron chi connectivity index (χ3n) is 4.45. The van der Waals surface area contributed by atoms with Crippen LogP contribution < -0.4 is 5.32 Å². The average Bonchev–Trinajstić information content (AvgIpc) is 2.33. The van der Waals surface area contributed by atoms with Gasteiger partial charge in [0.25, 0.3) is 0 Å². The van der Waals surface area contributed by atoms with Crippen LogP contribution >= 0.6 is 0 Å². The molecule has 0 radical (unpaired) electrons. The Morgan fingerprint density at radius 3 is 2.10 bits per heavy atom. The van der Waals surface area contributed by atoms with Crippen molar-refractivity contribution < 1.29 is 18.7 Å². The molecule has 1 aliphatic heterocycles. The van der Waals surface area contributed by atoms with Crippen molar-refractivity contribution in [3.8, 4) is 0 Å². The summed E-state index contributed by atoms with van der Waals surface area (Å²) in [7, 11) is -1.81. The van der Waals surface area contributed by atoms with Crippen LogP contribution in [0.2, 0.25) is 18.1 Å². The number of nitrogens with one attached hydrogen (secondary N) is 1. The van der Waals surface area contributed by atoms with Gasteiger partial charge in [0.2, 0.25) is 5.91 Å². The van der Waals surface area contributed by atoms with Crippen molar-refractivity contribution in [3.05, 3.63) is 0 Å². The lowest BCUT2D eigenvalue weighted by Crippen LogP contribution is -2.65. The van der Waals surface area contributed by atoms with E-state index in [9.17, 15) is 4.79 Å². The zero-order chi connectivity index (χ0) is 16.3. The van der Waals surface area contributed by atoms with Crippen molar-refractivity contribution >= 4 is 14.2 Å². The van der Waals surface area contributed by atoms with Gasteiger partial charge in [0.05, 0.1) is 12.6 Å². The van der Waals surface area contributed by atoms with Gasteiger partial charge in [0.15, 0.2) is 14.6 Å². The first kappa shape index (κ1) is 18.6. The fraction of sp³-hybridized carbons (Fsp3) is 0.933. The van der Waals surface area contributed by atoms with E-state index in [0.717, 1.165) is 0 Å². The summed E-state index contributed by atoms with van der Waals surface area (Å²) in [6.45, 7) is 16.5. The lowest BCUT2D eigenvalue weighted by molar-refractivity contribution is -0.195. The van der Waals surface area contributed by atoms with Crippen molar-refractivity contribution in [3.63, 3.8) is 0 Å². The molecule has 1 heterocycles. The lowest BCUT2D eigenvalue weighted by Gasteiger charge is -2.43. The summed E-state index contributed by atoms with van der Waals surface area (Å²) in [5.41, 5.74) is 0. The van der Waals surface area contributed by atoms with Gasteiger partial charge in [0, 0.05) is 13.2 Å². The Bertz CT molecular complexity index is 348. The first-order valence-electron chi connectivity index (χ1n) is 7.81. The molecule has 1 amide bonds. The highest BCUT2D eigenvalue weighted by Gasteiger charge is 2.47. The van der Waals surface area contributed by atoms with Gasteiger partial charge in [-0.2, -0.15) is 0 Å². The Hall–Kier alpha value is -0.433. The highest BCUT2D eigenvalue weighted by atomic mass is 28.4. The minimum Gasteiger partial charge on any atom is -0.415 e. The predicted octanol–water partition coefficient (Wildman–Crippen LogP) is 2.52. The minimum atomic E-state index is -1.81. The molecule has 1 saturated heterocycles. The molecule has 124 valence electrons. The fourth-order valence-corrected chi connectivity index (χ4v) is 3.04. The van der Waals surface area contributed by atoms with E-state index in [1.165, 1.54) is 0 Å². The quantitative estimate of drug-likeness (QED) is 0.424. The first-order valence-corrected chi connectivity index (χ1v) is 10.7. The predicted molar refractivity (Wildman–Crippen MR) is 85.6 cm³/mol. The highest BCUT2D eigenvalue weighted by Crippen LogP contribution is 2.37. The van der Waals surface area contributed by atoms with Crippen molar-refractivity contribution in [1.82, 2.24) is 5.32 Å². The molecule has 0 spiro atoms. The number of ether oxygens (including phenoxy) is 2. The second kappa shape index (κ2) is 7.22. The molecule has 0 aromatic rings. The van der Waals surface area contributed by atoms with Gasteiger partial charge >= 0.3 is 0 Å². The fourth-order valence-electron chi connectivity index (χ4n) is 2.01. The zero-order valence-corrected chi connectivity index (χ0v) is 15.5. The number of rotatable bonds is 8. The molecule has 0 aliphatic carbocycles. The van der Waals surface area contributed by atoms with Crippen LogP contribution in [0.15, 0.2) is 0 Å². The Morgan fingerprint density at radius 2 is 1.71 bits per heavy atom. The summed E-state index contributed by atoms with van der Waals surface area (Å²) < 4.78 is 17.3. The van der Waals surface area contributed by atoms with Crippen molar-refractivity contribution in [1.29, 1.82) is 0 Å². The number of amides is 1. The van der Waals surface area contributed by atoms with E-state index in [1.54, 1.807) is 0 Å². The standard InChI is InChI=1S/C15H31NO4Si/c1-8-18-14(19-9-2)12-11(16-13(12)17)10-20-21(6,7)15(3,4)5/h11-12,14H,8-10H2,1-7H3,(H,16,17)/t11-,12+/m1/s1. The second-order valence-corrected chi connectivity index (χ2v) is 11.8. The monoisotopic (exact) mass is 317 g/mol. The van der Waals surface area contributed by atoms with E-state index in [2.05, 4.69) is 39.2 Å². The van der Waals surface area contributed by atoms with Crippen LogP contribution in [-0.2, 0) is 18.7 Å². The number of β-lactam (4-membered cyclic amide) rings is 1. The Balaban J connectivity index is 2.61. The third-order valence-corrected chi connectivity index (χ3v) is 8.95. The molecule has 5 nitrogen and oxygen atoms in total. The van der Waals surface area contributed by atoms with Gasteiger partial charge in [-0.15, -0.1) is 0 Å². The van der Waals surface area contributed by atoms with Gasteiger partial charge < -0.3 is 19.2 Å². The molecule has 1 fully saturated rings. The van der Waals surface area contributed by atoms with Crippen LogP contribution in [-0.4, -0.2) is 46.4 Å². The summed E-state index contributed by atoms with van der Waals surface area (Å²) >= 11 is 0. The molecule has 0 unspecified atom stereocenters. The van der Waals surface area contributed by atoms with Crippen LogP contribution in [0, 0.1) is 5.92 Å². The van der Waals surface area contributed by atoms with Gasteiger partial charge in [-0.25, -0.2) is 0 Å². The van der Waals surface area contributed by atoms with Crippen LogP contribution in [0.1, 0.15) is 34.6 Å². The first-order chi connectivity index (χ1) is 9.64. The summed E-state index contributed by atoms with van der Waals surface area (Å²) in [5.74, 6) is -0.277. The van der Waals surface area contributed by atoms with E-state index in [1.807, 2.05) is 13.8 Å². The van der Waals surface area contributed by atoms with E-state index < -0.39 is 14.6 Å². The molecule has 1 rings (SSSR count). The van der Waals surface area contributed by atoms with Crippen molar-refractivity contribution in [2.24, 2.45) is 5.92 Å². The summed E-state index contributed by atoms with van der Waals surface area (Å²) in [5, 5.41) is 3.07. The van der Waals surface area contributed by atoms with E-state index in [-0.39, 0.29) is 22.9 Å². The molecule has 0 saturated carbocycles. The highest BCUT2D eigenvalue weighted by molar-refractivity contribution is 6.74. The zero-order valence-electron chi connectivity index (χ0n) is 14.5. The molecule has 6 heteroatoms. The number of hydrogen-bond acceptors (Lipinski definition) is 4. The smallest absolute Gasteiger partial charge is 0.230 e. The Kier molecular flexibility index (Phi) is 6.40. The van der Waals surface area contributed by atoms with Crippen LogP contribution in [0.25, 0.3) is 0 Å². The number of carbonyl (C=O) groups is 1. The second-order valence-electron chi connectivity index (χ2n) is 6.99. The van der Waals surface area contributed by atoms with Gasteiger partial charge in [-0.3, -0.25) is 4.79 Å². The number of hydrogen-bond donors (Lipinski definition) is 1. The maximum atomic E-state index is 11.8. The summed E-state index contributed by atoms with van der Waals surface area (Å²) in [4.78, 5) is 11.8. The van der Waals surface area contributed by atoms with E-state index in [4.69, 9.17) is 13.9 Å². The summed E-state index contributed by atoms with van der Waals surface area (Å²) in [6, 6.07) is -0.0188. The normalized spacial score (nSPS) is 23.1.